The van der Waals surface area contributed by atoms with Crippen LogP contribution in [-0.2, 0) is 0 Å². The van der Waals surface area contributed by atoms with E-state index in [1.54, 1.807) is 29.7 Å². The summed E-state index contributed by atoms with van der Waals surface area (Å²) in [5.74, 6) is 0.802. The minimum atomic E-state index is -0.332. The first-order chi connectivity index (χ1) is 14.7. The molecule has 1 aromatic carbocycles. The van der Waals surface area contributed by atoms with Gasteiger partial charge in [0.25, 0.3) is 0 Å². The molecule has 0 amide bonds. The number of hydrogen-bond donors (Lipinski definition) is 2. The fourth-order valence-electron chi connectivity index (χ4n) is 4.11. The topological polar surface area (TPSA) is 74.2 Å². The Kier molecular flexibility index (Phi) is 5.45. The van der Waals surface area contributed by atoms with Crippen LogP contribution in [0.4, 0.5) is 10.3 Å². The SMILES string of the molecule is OC1CCN(c2nccc(-c3sc(C4CCNCC4)nc3-c3ccc(F)cc3)n2)C1. The van der Waals surface area contributed by atoms with Crippen LogP contribution in [0.5, 0.6) is 0 Å². The third-order valence-electron chi connectivity index (χ3n) is 5.77. The van der Waals surface area contributed by atoms with Crippen molar-refractivity contribution in [1.82, 2.24) is 20.3 Å². The molecule has 2 N–H and O–H groups in total. The summed E-state index contributed by atoms with van der Waals surface area (Å²) in [6.45, 7) is 3.30. The molecule has 2 aliphatic heterocycles. The number of benzene rings is 1. The first-order valence-electron chi connectivity index (χ1n) is 10.4. The number of hydrogen-bond acceptors (Lipinski definition) is 7. The van der Waals surface area contributed by atoms with E-state index in [4.69, 9.17) is 9.97 Å². The van der Waals surface area contributed by atoms with E-state index in [9.17, 15) is 9.50 Å². The van der Waals surface area contributed by atoms with Gasteiger partial charge in [0.2, 0.25) is 5.95 Å². The number of halogens is 1. The van der Waals surface area contributed by atoms with Gasteiger partial charge in [-0.1, -0.05) is 0 Å². The zero-order valence-electron chi connectivity index (χ0n) is 16.6. The summed E-state index contributed by atoms with van der Waals surface area (Å²) in [6.07, 6.45) is 4.30. The summed E-state index contributed by atoms with van der Waals surface area (Å²) < 4.78 is 13.5. The quantitative estimate of drug-likeness (QED) is 0.667. The second-order valence-electron chi connectivity index (χ2n) is 7.89. The number of aromatic nitrogens is 3. The molecular formula is C22H24FN5OS. The Bertz CT molecular complexity index is 1020. The van der Waals surface area contributed by atoms with Gasteiger partial charge >= 0.3 is 0 Å². The average Bonchev–Trinajstić information content (AvgIpc) is 3.42. The molecule has 4 heterocycles. The Morgan fingerprint density at radius 2 is 1.87 bits per heavy atom. The number of nitrogens with zero attached hydrogens (tertiary/aromatic N) is 4. The standard InChI is InChI=1S/C22H24FN5OS/c23-16-3-1-14(2-4-16)19-20(30-21(27-19)15-5-9-24-10-6-15)18-7-11-25-22(26-18)28-12-8-17(29)13-28/h1-4,7,11,15,17,24,29H,5-6,8-10,12-13H2. The van der Waals surface area contributed by atoms with Gasteiger partial charge in [-0.2, -0.15) is 0 Å². The van der Waals surface area contributed by atoms with Crippen LogP contribution in [0.15, 0.2) is 36.5 Å². The lowest BCUT2D eigenvalue weighted by atomic mass is 9.99. The maximum atomic E-state index is 13.5. The zero-order valence-corrected chi connectivity index (χ0v) is 17.4. The van der Waals surface area contributed by atoms with Gasteiger partial charge in [0.05, 0.1) is 27.4 Å². The van der Waals surface area contributed by atoms with Crippen molar-refractivity contribution < 1.29 is 9.50 Å². The average molecular weight is 426 g/mol. The monoisotopic (exact) mass is 425 g/mol. The van der Waals surface area contributed by atoms with Gasteiger partial charge in [0.15, 0.2) is 0 Å². The number of piperidine rings is 1. The van der Waals surface area contributed by atoms with Crippen LogP contribution < -0.4 is 10.2 Å². The van der Waals surface area contributed by atoms with E-state index in [0.29, 0.717) is 18.4 Å². The highest BCUT2D eigenvalue weighted by molar-refractivity contribution is 7.15. The molecule has 0 radical (unpaired) electrons. The molecule has 2 aliphatic rings. The summed E-state index contributed by atoms with van der Waals surface area (Å²) in [5.41, 5.74) is 2.55. The Hall–Kier alpha value is -2.42. The molecule has 6 nitrogen and oxygen atoms in total. The first-order valence-corrected chi connectivity index (χ1v) is 11.2. The maximum Gasteiger partial charge on any atom is 0.225 e. The second-order valence-corrected chi connectivity index (χ2v) is 8.92. The molecule has 0 spiro atoms. The summed E-state index contributed by atoms with van der Waals surface area (Å²) >= 11 is 1.68. The largest absolute Gasteiger partial charge is 0.391 e. The molecule has 30 heavy (non-hydrogen) atoms. The summed E-state index contributed by atoms with van der Waals surface area (Å²) in [5, 5.41) is 14.4. The van der Waals surface area contributed by atoms with Gasteiger partial charge in [-0.05, 0) is 62.7 Å². The zero-order chi connectivity index (χ0) is 20.5. The van der Waals surface area contributed by atoms with Gasteiger partial charge in [-0.3, -0.25) is 0 Å². The normalized spacial score (nSPS) is 20.1. The second kappa shape index (κ2) is 8.37. The number of aliphatic hydroxyl groups is 1. The van der Waals surface area contributed by atoms with Crippen molar-refractivity contribution in [3.63, 3.8) is 0 Å². The van der Waals surface area contributed by atoms with Crippen molar-refractivity contribution in [1.29, 1.82) is 0 Å². The van der Waals surface area contributed by atoms with Crippen molar-refractivity contribution in [2.24, 2.45) is 0 Å². The first kappa shape index (κ1) is 19.5. The minimum Gasteiger partial charge on any atom is -0.391 e. The Labute approximate surface area is 178 Å². The molecule has 3 aromatic rings. The van der Waals surface area contributed by atoms with E-state index in [0.717, 1.165) is 65.7 Å². The van der Waals surface area contributed by atoms with Crippen LogP contribution in [0.2, 0.25) is 0 Å². The van der Waals surface area contributed by atoms with Gasteiger partial charge < -0.3 is 15.3 Å². The lowest BCUT2D eigenvalue weighted by Crippen LogP contribution is -2.26. The number of anilines is 1. The molecule has 0 aliphatic carbocycles. The van der Waals surface area contributed by atoms with Crippen LogP contribution in [0, 0.1) is 5.82 Å². The van der Waals surface area contributed by atoms with E-state index in [1.807, 2.05) is 11.0 Å². The summed E-state index contributed by atoms with van der Waals surface area (Å²) in [4.78, 5) is 17.2. The fraction of sp³-hybridized carbons (Fsp3) is 0.409. The fourth-order valence-corrected chi connectivity index (χ4v) is 5.33. The molecular weight excluding hydrogens is 401 g/mol. The maximum absolute atomic E-state index is 13.5. The van der Waals surface area contributed by atoms with Crippen molar-refractivity contribution in [3.05, 3.63) is 47.4 Å². The Morgan fingerprint density at radius 1 is 1.07 bits per heavy atom. The third-order valence-corrected chi connectivity index (χ3v) is 7.01. The number of aliphatic hydroxyl groups excluding tert-OH is 1. The van der Waals surface area contributed by atoms with Crippen LogP contribution >= 0.6 is 11.3 Å². The number of β-amino-alcohol motifs (C(OH)–C–C–N with tert-alkyl or cyclic N) is 1. The van der Waals surface area contributed by atoms with Crippen LogP contribution in [-0.4, -0.2) is 52.3 Å². The number of thiazole rings is 1. The molecule has 2 saturated heterocycles. The van der Waals surface area contributed by atoms with E-state index >= 15 is 0 Å². The smallest absolute Gasteiger partial charge is 0.225 e. The molecule has 2 aromatic heterocycles. The highest BCUT2D eigenvalue weighted by Crippen LogP contribution is 2.40. The highest BCUT2D eigenvalue weighted by Gasteiger charge is 2.25. The van der Waals surface area contributed by atoms with Crippen molar-refractivity contribution in [3.8, 4) is 21.8 Å². The molecule has 8 heteroatoms. The highest BCUT2D eigenvalue weighted by atomic mass is 32.1. The lowest BCUT2D eigenvalue weighted by molar-refractivity contribution is 0.198. The van der Waals surface area contributed by atoms with E-state index in [1.165, 1.54) is 12.1 Å². The molecule has 0 bridgehead atoms. The summed E-state index contributed by atoms with van der Waals surface area (Å²) in [6, 6.07) is 8.40. The molecule has 1 atom stereocenters. The molecule has 1 unspecified atom stereocenters. The predicted molar refractivity (Wildman–Crippen MR) is 116 cm³/mol. The van der Waals surface area contributed by atoms with Crippen molar-refractivity contribution >= 4 is 17.3 Å². The van der Waals surface area contributed by atoms with Crippen molar-refractivity contribution in [2.75, 3.05) is 31.1 Å². The number of nitrogens with one attached hydrogen (secondary N) is 1. The van der Waals surface area contributed by atoms with E-state index in [2.05, 4.69) is 10.3 Å². The molecule has 5 rings (SSSR count). The minimum absolute atomic E-state index is 0.258. The van der Waals surface area contributed by atoms with E-state index < -0.39 is 0 Å². The summed E-state index contributed by atoms with van der Waals surface area (Å²) in [7, 11) is 0. The van der Waals surface area contributed by atoms with Gasteiger partial charge in [-0.15, -0.1) is 11.3 Å². The van der Waals surface area contributed by atoms with Crippen LogP contribution in [0.1, 0.15) is 30.2 Å². The Balaban J connectivity index is 1.56. The number of rotatable bonds is 4. The molecule has 156 valence electrons. The lowest BCUT2D eigenvalue weighted by Gasteiger charge is -2.20. The third kappa shape index (κ3) is 3.95. The van der Waals surface area contributed by atoms with Gasteiger partial charge in [0, 0.05) is 30.8 Å². The Morgan fingerprint density at radius 3 is 2.60 bits per heavy atom. The van der Waals surface area contributed by atoms with Gasteiger partial charge in [-0.25, -0.2) is 19.3 Å². The van der Waals surface area contributed by atoms with Crippen LogP contribution in [0.3, 0.4) is 0 Å². The molecule has 0 saturated carbocycles. The molecule has 2 fully saturated rings. The van der Waals surface area contributed by atoms with Crippen molar-refractivity contribution in [2.45, 2.75) is 31.3 Å². The van der Waals surface area contributed by atoms with Crippen LogP contribution in [0.25, 0.3) is 21.8 Å². The van der Waals surface area contributed by atoms with E-state index in [-0.39, 0.29) is 11.9 Å². The van der Waals surface area contributed by atoms with Gasteiger partial charge in [0.1, 0.15) is 5.82 Å². The predicted octanol–water partition coefficient (Wildman–Crippen LogP) is 3.44.